The van der Waals surface area contributed by atoms with Crippen molar-refractivity contribution in [2.24, 2.45) is 0 Å². The average Bonchev–Trinajstić information content (AvgIpc) is 2.68. The molecule has 2 aromatic rings. The van der Waals surface area contributed by atoms with Gasteiger partial charge in [-0.3, -0.25) is 4.68 Å². The molecule has 0 fully saturated rings. The molecule has 1 heterocycles. The summed E-state index contributed by atoms with van der Waals surface area (Å²) in [7, 11) is 3.90. The quantitative estimate of drug-likeness (QED) is 0.751. The second-order valence-electron chi connectivity index (χ2n) is 4.62. The van der Waals surface area contributed by atoms with Crippen LogP contribution in [0.2, 0.25) is 0 Å². The molecular formula is C13H17N3O. The maximum absolute atomic E-state index is 11.2. The molecule has 1 unspecified atom stereocenters. The van der Waals surface area contributed by atoms with Crippen molar-refractivity contribution in [3.8, 4) is 0 Å². The third-order valence-corrected chi connectivity index (χ3v) is 2.78. The fourth-order valence-corrected chi connectivity index (χ4v) is 1.96. The van der Waals surface area contributed by atoms with E-state index in [9.17, 15) is 4.79 Å². The van der Waals surface area contributed by atoms with Gasteiger partial charge in [0.2, 0.25) is 0 Å². The van der Waals surface area contributed by atoms with Crippen LogP contribution in [0.25, 0.3) is 10.9 Å². The number of fused-ring (bicyclic) bond motifs is 1. The lowest BCUT2D eigenvalue weighted by Crippen LogP contribution is -2.26. The molecule has 1 atom stereocenters. The van der Waals surface area contributed by atoms with Gasteiger partial charge in [-0.1, -0.05) is 12.1 Å². The summed E-state index contributed by atoms with van der Waals surface area (Å²) in [5.41, 5.74) is 2.19. The van der Waals surface area contributed by atoms with E-state index in [-0.39, 0.29) is 6.04 Å². The number of aromatic nitrogens is 2. The maximum atomic E-state index is 11.2. The molecule has 0 saturated heterocycles. The molecule has 4 heteroatoms. The summed E-state index contributed by atoms with van der Waals surface area (Å²) in [5, 5.41) is 5.39. The van der Waals surface area contributed by atoms with Crippen molar-refractivity contribution in [3.63, 3.8) is 0 Å². The van der Waals surface area contributed by atoms with Crippen molar-refractivity contribution in [1.29, 1.82) is 0 Å². The molecule has 0 aliphatic rings. The average molecular weight is 231 g/mol. The molecule has 0 aliphatic carbocycles. The van der Waals surface area contributed by atoms with E-state index in [4.69, 9.17) is 0 Å². The molecule has 0 spiro atoms. The molecule has 0 radical (unpaired) electrons. The fourth-order valence-electron chi connectivity index (χ4n) is 1.96. The first-order valence-corrected chi connectivity index (χ1v) is 5.65. The van der Waals surface area contributed by atoms with Gasteiger partial charge in [0.1, 0.15) is 12.3 Å². The smallest absolute Gasteiger partial charge is 0.145 e. The molecular weight excluding hydrogens is 214 g/mol. The van der Waals surface area contributed by atoms with Gasteiger partial charge in [0.05, 0.1) is 11.7 Å². The van der Waals surface area contributed by atoms with Crippen LogP contribution in [0.15, 0.2) is 24.4 Å². The highest BCUT2D eigenvalue weighted by molar-refractivity contribution is 5.80. The predicted molar refractivity (Wildman–Crippen MR) is 68.1 cm³/mol. The maximum Gasteiger partial charge on any atom is 0.145 e. The molecule has 0 aliphatic heterocycles. The fraction of sp³-hybridized carbons (Fsp3) is 0.385. The molecule has 17 heavy (non-hydrogen) atoms. The van der Waals surface area contributed by atoms with Crippen LogP contribution < -0.4 is 0 Å². The number of nitrogens with zero attached hydrogens (tertiary/aromatic N) is 3. The second kappa shape index (κ2) is 4.67. The van der Waals surface area contributed by atoms with Crippen molar-refractivity contribution in [3.05, 3.63) is 30.0 Å². The minimum atomic E-state index is -0.232. The molecule has 4 nitrogen and oxygen atoms in total. The Morgan fingerprint density at radius 3 is 2.88 bits per heavy atom. The van der Waals surface area contributed by atoms with E-state index in [1.807, 2.05) is 32.0 Å². The first-order valence-electron chi connectivity index (χ1n) is 5.65. The minimum absolute atomic E-state index is 0.232. The van der Waals surface area contributed by atoms with Crippen LogP contribution in [0, 0.1) is 6.92 Å². The second-order valence-corrected chi connectivity index (χ2v) is 4.62. The van der Waals surface area contributed by atoms with Crippen LogP contribution in [0.5, 0.6) is 0 Å². The van der Waals surface area contributed by atoms with E-state index in [0.29, 0.717) is 6.54 Å². The molecule has 0 saturated carbocycles. The number of carbonyl (C=O) groups excluding carboxylic acids is 1. The predicted octanol–water partition coefficient (Wildman–Crippen LogP) is 1.65. The Bertz CT molecular complexity index is 530. The SMILES string of the molecule is Cc1ccc2cnn(C(C=O)CN(C)C)c2c1. The zero-order chi connectivity index (χ0) is 12.4. The molecule has 0 amide bonds. The Kier molecular flexibility index (Phi) is 3.24. The van der Waals surface area contributed by atoms with Crippen LogP contribution in [-0.4, -0.2) is 41.6 Å². The van der Waals surface area contributed by atoms with Crippen LogP contribution in [0.1, 0.15) is 11.6 Å². The number of likely N-dealkylation sites (N-methyl/N-ethyl adjacent to an activating group) is 1. The van der Waals surface area contributed by atoms with Gasteiger partial charge < -0.3 is 9.69 Å². The van der Waals surface area contributed by atoms with E-state index >= 15 is 0 Å². The number of hydrogen-bond donors (Lipinski definition) is 0. The van der Waals surface area contributed by atoms with Crippen molar-refractivity contribution in [1.82, 2.24) is 14.7 Å². The largest absolute Gasteiger partial charge is 0.307 e. The lowest BCUT2D eigenvalue weighted by molar-refractivity contribution is -0.111. The molecule has 1 aromatic carbocycles. The minimum Gasteiger partial charge on any atom is -0.307 e. The van der Waals surface area contributed by atoms with Gasteiger partial charge >= 0.3 is 0 Å². The highest BCUT2D eigenvalue weighted by Crippen LogP contribution is 2.18. The molecule has 90 valence electrons. The van der Waals surface area contributed by atoms with E-state index in [0.717, 1.165) is 17.2 Å². The molecule has 1 aromatic heterocycles. The Morgan fingerprint density at radius 1 is 1.47 bits per heavy atom. The van der Waals surface area contributed by atoms with Crippen molar-refractivity contribution < 1.29 is 4.79 Å². The summed E-state index contributed by atoms with van der Waals surface area (Å²) >= 11 is 0. The number of aryl methyl sites for hydroxylation is 1. The van der Waals surface area contributed by atoms with Crippen LogP contribution in [-0.2, 0) is 4.79 Å². The third kappa shape index (κ3) is 2.36. The van der Waals surface area contributed by atoms with Crippen molar-refractivity contribution in [2.45, 2.75) is 13.0 Å². The summed E-state index contributed by atoms with van der Waals surface area (Å²) in [6.07, 6.45) is 2.76. The molecule has 0 bridgehead atoms. The zero-order valence-electron chi connectivity index (χ0n) is 10.4. The van der Waals surface area contributed by atoms with E-state index < -0.39 is 0 Å². The van der Waals surface area contributed by atoms with Crippen LogP contribution >= 0.6 is 0 Å². The highest BCUT2D eigenvalue weighted by Gasteiger charge is 2.14. The zero-order valence-corrected chi connectivity index (χ0v) is 10.4. The third-order valence-electron chi connectivity index (χ3n) is 2.78. The summed E-state index contributed by atoms with van der Waals surface area (Å²) < 4.78 is 1.80. The van der Waals surface area contributed by atoms with Gasteiger partial charge in [-0.2, -0.15) is 5.10 Å². The Morgan fingerprint density at radius 2 is 2.24 bits per heavy atom. The van der Waals surface area contributed by atoms with Gasteiger partial charge in [0.25, 0.3) is 0 Å². The topological polar surface area (TPSA) is 38.1 Å². The number of benzene rings is 1. The van der Waals surface area contributed by atoms with Crippen molar-refractivity contribution in [2.75, 3.05) is 20.6 Å². The normalized spacial score (nSPS) is 13.2. The Hall–Kier alpha value is -1.68. The number of carbonyl (C=O) groups is 1. The highest BCUT2D eigenvalue weighted by atomic mass is 16.1. The van der Waals surface area contributed by atoms with Gasteiger partial charge in [-0.05, 0) is 32.6 Å². The molecule has 0 N–H and O–H groups in total. The Labute approximate surface area is 101 Å². The van der Waals surface area contributed by atoms with Gasteiger partial charge in [-0.15, -0.1) is 0 Å². The van der Waals surface area contributed by atoms with Gasteiger partial charge in [0, 0.05) is 11.9 Å². The lowest BCUT2D eigenvalue weighted by Gasteiger charge is -2.17. The van der Waals surface area contributed by atoms with E-state index in [1.54, 1.807) is 10.9 Å². The lowest BCUT2D eigenvalue weighted by atomic mass is 10.2. The first kappa shape index (κ1) is 11.8. The van der Waals surface area contributed by atoms with Gasteiger partial charge in [0.15, 0.2) is 0 Å². The van der Waals surface area contributed by atoms with E-state index in [1.165, 1.54) is 5.56 Å². The summed E-state index contributed by atoms with van der Waals surface area (Å²) in [6, 6.07) is 5.92. The van der Waals surface area contributed by atoms with Crippen molar-refractivity contribution >= 4 is 17.2 Å². The standard InChI is InChI=1S/C13H17N3O/c1-10-4-5-11-7-14-16(13(11)6-10)12(9-17)8-15(2)3/h4-7,9,12H,8H2,1-3H3. The monoisotopic (exact) mass is 231 g/mol. The summed E-state index contributed by atoms with van der Waals surface area (Å²) in [4.78, 5) is 13.2. The van der Waals surface area contributed by atoms with Crippen LogP contribution in [0.3, 0.4) is 0 Å². The first-order chi connectivity index (χ1) is 8.11. The van der Waals surface area contributed by atoms with E-state index in [2.05, 4.69) is 17.2 Å². The number of aldehydes is 1. The molecule has 2 rings (SSSR count). The van der Waals surface area contributed by atoms with Crippen LogP contribution in [0.4, 0.5) is 0 Å². The van der Waals surface area contributed by atoms with Gasteiger partial charge in [-0.25, -0.2) is 0 Å². The summed E-state index contributed by atoms with van der Waals surface area (Å²) in [5.74, 6) is 0. The Balaban J connectivity index is 2.46. The number of rotatable bonds is 4. The summed E-state index contributed by atoms with van der Waals surface area (Å²) in [6.45, 7) is 2.70. The number of hydrogen-bond acceptors (Lipinski definition) is 3.